The lowest BCUT2D eigenvalue weighted by atomic mass is 10.1. The fourth-order valence-electron chi connectivity index (χ4n) is 2.35. The number of benzene rings is 1. The molecule has 0 atom stereocenters. The normalized spacial score (nSPS) is 10.7. The number of pyridine rings is 2. The fraction of sp³-hybridized carbons (Fsp3) is 0.143. The Kier molecular flexibility index (Phi) is 9.04. The van der Waals surface area contributed by atoms with Crippen molar-refractivity contribution in [1.29, 1.82) is 0 Å². The van der Waals surface area contributed by atoms with Crippen LogP contribution < -0.4 is 0 Å². The lowest BCUT2D eigenvalue weighted by Gasteiger charge is -2.08. The summed E-state index contributed by atoms with van der Waals surface area (Å²) < 4.78 is 46.4. The first-order chi connectivity index (χ1) is 15.5. The molecular formula is C21H14Cl3F3N2O4. The van der Waals surface area contributed by atoms with Gasteiger partial charge in [-0.3, -0.25) is 4.98 Å². The molecule has 2 aromatic heterocycles. The molecule has 0 saturated carbocycles. The largest absolute Gasteiger partial charge is 0.465 e. The summed E-state index contributed by atoms with van der Waals surface area (Å²) in [5, 5.41) is 0.598. The molecule has 0 fully saturated rings. The average molecular weight is 522 g/mol. The molecule has 3 rings (SSSR count). The van der Waals surface area contributed by atoms with Gasteiger partial charge in [-0.1, -0.05) is 46.9 Å². The molecule has 0 spiro atoms. The maximum atomic E-state index is 12.5. The summed E-state index contributed by atoms with van der Waals surface area (Å²) in [6.45, 7) is 0. The molecule has 2 heterocycles. The predicted octanol–water partition coefficient (Wildman–Crippen LogP) is 6.38. The summed E-state index contributed by atoms with van der Waals surface area (Å²) in [6, 6.07) is 7.28. The van der Waals surface area contributed by atoms with E-state index in [0.29, 0.717) is 11.3 Å². The van der Waals surface area contributed by atoms with Crippen molar-refractivity contribution in [1.82, 2.24) is 9.97 Å². The Morgan fingerprint density at radius 3 is 1.73 bits per heavy atom. The van der Waals surface area contributed by atoms with Gasteiger partial charge >= 0.3 is 18.1 Å². The minimum absolute atomic E-state index is 0.0924. The first-order valence-corrected chi connectivity index (χ1v) is 9.92. The van der Waals surface area contributed by atoms with E-state index in [1.807, 2.05) is 0 Å². The summed E-state index contributed by atoms with van der Waals surface area (Å²) in [4.78, 5) is 30.0. The molecule has 6 nitrogen and oxygen atoms in total. The van der Waals surface area contributed by atoms with Crippen LogP contribution in [0.1, 0.15) is 26.3 Å². The van der Waals surface area contributed by atoms with Crippen LogP contribution in [0.4, 0.5) is 13.2 Å². The summed E-state index contributed by atoms with van der Waals surface area (Å²) in [6.07, 6.45) is -1.89. The third kappa shape index (κ3) is 7.05. The van der Waals surface area contributed by atoms with Crippen molar-refractivity contribution < 1.29 is 32.2 Å². The highest BCUT2D eigenvalue weighted by Gasteiger charge is 2.30. The number of alkyl halides is 3. The van der Waals surface area contributed by atoms with Crippen LogP contribution in [0.5, 0.6) is 0 Å². The minimum Gasteiger partial charge on any atom is -0.465 e. The monoisotopic (exact) mass is 520 g/mol. The van der Waals surface area contributed by atoms with Gasteiger partial charge in [0.2, 0.25) is 0 Å². The van der Waals surface area contributed by atoms with E-state index in [4.69, 9.17) is 34.8 Å². The van der Waals surface area contributed by atoms with Crippen molar-refractivity contribution in [3.63, 3.8) is 0 Å². The first kappa shape index (κ1) is 26.4. The third-order valence-electron chi connectivity index (χ3n) is 3.99. The Hall–Kier alpha value is -2.88. The second-order valence-corrected chi connectivity index (χ2v) is 7.30. The van der Waals surface area contributed by atoms with Crippen molar-refractivity contribution in [2.45, 2.75) is 6.18 Å². The van der Waals surface area contributed by atoms with E-state index in [1.54, 1.807) is 0 Å². The Morgan fingerprint density at radius 1 is 0.818 bits per heavy atom. The molecule has 0 radical (unpaired) electrons. The topological polar surface area (TPSA) is 78.4 Å². The number of ether oxygens (including phenoxy) is 2. The molecular weight excluding hydrogens is 508 g/mol. The molecule has 0 aliphatic heterocycles. The zero-order valence-electron chi connectivity index (χ0n) is 16.9. The number of aromatic nitrogens is 2. The SMILES string of the molecule is COC(=O)c1cnc(-c2ccc(C(F)(F)F)cc2)cc1Cl.COC(=O)c1cnc(Cl)cc1Cl. The molecule has 0 aliphatic carbocycles. The van der Waals surface area contributed by atoms with Crippen molar-refractivity contribution >= 4 is 46.7 Å². The van der Waals surface area contributed by atoms with Crippen LogP contribution in [-0.2, 0) is 15.7 Å². The number of methoxy groups -OCH3 is 2. The molecule has 3 aromatic rings. The molecule has 1 aromatic carbocycles. The number of carbonyl (C=O) groups is 2. The van der Waals surface area contributed by atoms with Crippen LogP contribution in [0.3, 0.4) is 0 Å². The molecule has 0 unspecified atom stereocenters. The molecule has 0 N–H and O–H groups in total. The van der Waals surface area contributed by atoms with Gasteiger partial charge < -0.3 is 9.47 Å². The van der Waals surface area contributed by atoms with Crippen molar-refractivity contribution in [3.8, 4) is 11.3 Å². The fourth-order valence-corrected chi connectivity index (χ4v) is 3.02. The third-order valence-corrected chi connectivity index (χ3v) is 4.82. The molecule has 0 saturated heterocycles. The number of carbonyl (C=O) groups excluding carboxylic acids is 2. The highest BCUT2D eigenvalue weighted by molar-refractivity contribution is 6.36. The van der Waals surface area contributed by atoms with Gasteiger partial charge in [0.1, 0.15) is 5.15 Å². The van der Waals surface area contributed by atoms with Crippen molar-refractivity contribution in [3.05, 3.63) is 80.7 Å². The number of rotatable bonds is 3. The van der Waals surface area contributed by atoms with Gasteiger partial charge in [0, 0.05) is 18.0 Å². The number of esters is 2. The van der Waals surface area contributed by atoms with Gasteiger partial charge in [0.05, 0.1) is 46.6 Å². The van der Waals surface area contributed by atoms with Crippen LogP contribution in [0.2, 0.25) is 15.2 Å². The average Bonchev–Trinajstić information content (AvgIpc) is 2.78. The molecule has 0 amide bonds. The van der Waals surface area contributed by atoms with Gasteiger partial charge in [-0.05, 0) is 24.3 Å². The van der Waals surface area contributed by atoms with Crippen LogP contribution in [0, 0.1) is 0 Å². The summed E-state index contributed by atoms with van der Waals surface area (Å²) in [5.41, 5.74) is 0.379. The number of halogens is 6. The predicted molar refractivity (Wildman–Crippen MR) is 117 cm³/mol. The van der Waals surface area contributed by atoms with Gasteiger partial charge in [-0.25, -0.2) is 14.6 Å². The number of hydrogen-bond acceptors (Lipinski definition) is 6. The van der Waals surface area contributed by atoms with Gasteiger partial charge in [0.15, 0.2) is 0 Å². The van der Waals surface area contributed by atoms with E-state index in [1.165, 1.54) is 50.9 Å². The maximum absolute atomic E-state index is 12.5. The molecule has 0 aliphatic rings. The van der Waals surface area contributed by atoms with Crippen molar-refractivity contribution in [2.75, 3.05) is 14.2 Å². The molecule has 0 bridgehead atoms. The first-order valence-electron chi connectivity index (χ1n) is 8.78. The van der Waals surface area contributed by atoms with Crippen molar-refractivity contribution in [2.24, 2.45) is 0 Å². The van der Waals surface area contributed by atoms with Gasteiger partial charge in [0.25, 0.3) is 0 Å². The lowest BCUT2D eigenvalue weighted by molar-refractivity contribution is -0.137. The minimum atomic E-state index is -4.39. The van der Waals surface area contributed by atoms with Crippen LogP contribution >= 0.6 is 34.8 Å². The smallest absolute Gasteiger partial charge is 0.416 e. The van der Waals surface area contributed by atoms with E-state index >= 15 is 0 Å². The Balaban J connectivity index is 0.000000273. The second-order valence-electron chi connectivity index (χ2n) is 6.09. The molecule has 174 valence electrons. The standard InChI is InChI=1S/C14H9ClF3NO2.C7H5Cl2NO2/c1-21-13(20)10-7-19-12(6-11(10)15)8-2-4-9(5-3-8)14(16,17)18;1-12-7(11)4-3-10-6(9)2-5(4)8/h2-7H,1H3;2-3H,1H3. The highest BCUT2D eigenvalue weighted by Crippen LogP contribution is 2.31. The lowest BCUT2D eigenvalue weighted by Crippen LogP contribution is -2.04. The number of hydrogen-bond donors (Lipinski definition) is 0. The van der Waals surface area contributed by atoms with E-state index in [2.05, 4.69) is 19.4 Å². The van der Waals surface area contributed by atoms with E-state index in [9.17, 15) is 22.8 Å². The highest BCUT2D eigenvalue weighted by atomic mass is 35.5. The summed E-state index contributed by atoms with van der Waals surface area (Å²) in [7, 11) is 2.48. The maximum Gasteiger partial charge on any atom is 0.416 e. The molecule has 12 heteroatoms. The Labute approximate surface area is 201 Å². The second kappa shape index (κ2) is 11.3. The quantitative estimate of drug-likeness (QED) is 0.294. The van der Waals surface area contributed by atoms with E-state index in [0.717, 1.165) is 12.1 Å². The van der Waals surface area contributed by atoms with Crippen LogP contribution in [0.25, 0.3) is 11.3 Å². The summed E-state index contributed by atoms with van der Waals surface area (Å²) in [5.74, 6) is -1.16. The van der Waals surface area contributed by atoms with Crippen LogP contribution in [-0.4, -0.2) is 36.1 Å². The van der Waals surface area contributed by atoms with Gasteiger partial charge in [-0.2, -0.15) is 13.2 Å². The van der Waals surface area contributed by atoms with E-state index < -0.39 is 23.7 Å². The van der Waals surface area contributed by atoms with Crippen LogP contribution in [0.15, 0.2) is 48.8 Å². The van der Waals surface area contributed by atoms with Gasteiger partial charge in [-0.15, -0.1) is 0 Å². The Bertz CT molecular complexity index is 1160. The summed E-state index contributed by atoms with van der Waals surface area (Å²) >= 11 is 17.1. The zero-order valence-corrected chi connectivity index (χ0v) is 19.2. The Morgan fingerprint density at radius 2 is 1.30 bits per heavy atom. The number of nitrogens with zero attached hydrogens (tertiary/aromatic N) is 2. The molecule has 33 heavy (non-hydrogen) atoms. The zero-order chi connectivity index (χ0) is 24.8. The van der Waals surface area contributed by atoms with E-state index in [-0.39, 0.29) is 26.3 Å².